The summed E-state index contributed by atoms with van der Waals surface area (Å²) >= 11 is 0. The zero-order chi connectivity index (χ0) is 26.7. The highest BCUT2D eigenvalue weighted by molar-refractivity contribution is 6.26. The molecule has 192 valence electrons. The molecule has 0 radical (unpaired) electrons. The van der Waals surface area contributed by atoms with E-state index in [9.17, 15) is 4.79 Å². The van der Waals surface area contributed by atoms with Crippen LogP contribution in [0.2, 0.25) is 0 Å². The Bertz CT molecular complexity index is 1200. The van der Waals surface area contributed by atoms with Crippen molar-refractivity contribution in [2.45, 2.75) is 6.42 Å². The van der Waals surface area contributed by atoms with Crippen LogP contribution in [0.1, 0.15) is 5.56 Å². The fourth-order valence-electron chi connectivity index (χ4n) is 3.20. The van der Waals surface area contributed by atoms with Gasteiger partial charge >= 0.3 is 5.97 Å². The van der Waals surface area contributed by atoms with Crippen LogP contribution < -0.4 is 30.1 Å². The second kappa shape index (κ2) is 13.6. The molecule has 0 saturated carbocycles. The summed E-state index contributed by atoms with van der Waals surface area (Å²) in [5, 5.41) is 23.5. The first-order chi connectivity index (χ1) is 17.2. The zero-order valence-electron chi connectivity index (χ0n) is 20.6. The van der Waals surface area contributed by atoms with E-state index >= 15 is 0 Å². The summed E-state index contributed by atoms with van der Waals surface area (Å²) in [4.78, 5) is 36.3. The number of amides is 1. The Kier molecular flexibility index (Phi) is 10.6. The van der Waals surface area contributed by atoms with E-state index in [0.717, 1.165) is 39.3 Å². The predicted molar refractivity (Wildman–Crippen MR) is 132 cm³/mol. The Labute approximate surface area is 208 Å². The van der Waals surface area contributed by atoms with Crippen LogP contribution in [-0.4, -0.2) is 69.3 Å². The van der Waals surface area contributed by atoms with E-state index in [2.05, 4.69) is 15.6 Å². The quantitative estimate of drug-likeness (QED) is 0.228. The second-order valence-corrected chi connectivity index (χ2v) is 7.83. The summed E-state index contributed by atoms with van der Waals surface area (Å²) in [5.74, 6) is -1.80. The number of carboxylic acids is 2. The lowest BCUT2D eigenvalue weighted by Gasteiger charge is -2.13. The third-order valence-corrected chi connectivity index (χ3v) is 5.00. The third-order valence-electron chi connectivity index (χ3n) is 5.00. The number of rotatable bonds is 9. The number of para-hydroxylation sites is 1. The van der Waals surface area contributed by atoms with E-state index in [-0.39, 0.29) is 12.5 Å². The molecule has 0 spiro atoms. The molecular weight excluding hydrogens is 468 g/mol. The first kappa shape index (κ1) is 28.0. The van der Waals surface area contributed by atoms with Crippen LogP contribution in [0, 0.1) is 0 Å². The van der Waals surface area contributed by atoms with Crippen molar-refractivity contribution in [2.24, 2.45) is 0 Å². The van der Waals surface area contributed by atoms with Gasteiger partial charge in [0.25, 0.3) is 0 Å². The Morgan fingerprint density at radius 1 is 1.03 bits per heavy atom. The minimum absolute atomic E-state index is 0.0848. The molecule has 0 aliphatic heterocycles. The molecule has 1 aromatic heterocycles. The smallest absolute Gasteiger partial charge is 0.351 e. The van der Waals surface area contributed by atoms with Crippen LogP contribution in [0.15, 0.2) is 48.5 Å². The maximum Gasteiger partial charge on any atom is 0.351 e. The average Bonchev–Trinajstić information content (AvgIpc) is 2.86. The number of fused-ring (bicyclic) bond motifs is 1. The fourth-order valence-corrected chi connectivity index (χ4v) is 3.20. The van der Waals surface area contributed by atoms with Gasteiger partial charge in [0.05, 0.1) is 46.1 Å². The number of quaternary nitrogens is 1. The summed E-state index contributed by atoms with van der Waals surface area (Å²) < 4.78 is 10.6. The number of hydrogen-bond donors (Lipinski definition) is 4. The van der Waals surface area contributed by atoms with Crippen molar-refractivity contribution in [1.82, 2.24) is 10.3 Å². The SMILES string of the molecule is COc1ccc(CCNCC(=O)Nc2cc([NH+](C)C)nc3ccccc23)cc1OC.O=C([O-])C(=O)O. The molecule has 11 nitrogen and oxygen atoms in total. The first-order valence-electron chi connectivity index (χ1n) is 11.0. The number of methoxy groups -OCH3 is 2. The number of nitrogens with zero attached hydrogens (tertiary/aromatic N) is 1. The van der Waals surface area contributed by atoms with Gasteiger partial charge in [-0.25, -0.2) is 4.79 Å². The van der Waals surface area contributed by atoms with E-state index in [1.165, 1.54) is 0 Å². The molecule has 1 heterocycles. The van der Waals surface area contributed by atoms with Crippen molar-refractivity contribution in [3.05, 3.63) is 54.1 Å². The standard InChI is InChI=1S/C23H28N4O3.C2H2O4/c1-27(2)22-14-19(17-7-5-6-8-18(17)25-22)26-23(28)15-24-12-11-16-9-10-20(29-3)21(13-16)30-4;3-1(4)2(5)6/h5-10,13-14,24H,11-12,15H2,1-4H3,(H,25,26,28);(H,3,4)(H,5,6). The van der Waals surface area contributed by atoms with Crippen LogP contribution in [-0.2, 0) is 20.8 Å². The summed E-state index contributed by atoms with van der Waals surface area (Å²) in [6.45, 7) is 0.904. The third kappa shape index (κ3) is 8.22. The Morgan fingerprint density at radius 2 is 1.69 bits per heavy atom. The summed E-state index contributed by atoms with van der Waals surface area (Å²) in [7, 11) is 7.26. The summed E-state index contributed by atoms with van der Waals surface area (Å²) in [6.07, 6.45) is 0.778. The van der Waals surface area contributed by atoms with Gasteiger partial charge < -0.3 is 35.1 Å². The van der Waals surface area contributed by atoms with E-state index in [4.69, 9.17) is 29.3 Å². The molecule has 2 aromatic carbocycles. The number of hydrogen-bond acceptors (Lipinski definition) is 8. The lowest BCUT2D eigenvalue weighted by molar-refractivity contribution is -0.789. The number of benzene rings is 2. The van der Waals surface area contributed by atoms with Crippen molar-refractivity contribution in [3.63, 3.8) is 0 Å². The highest BCUT2D eigenvalue weighted by Gasteiger charge is 2.12. The molecule has 0 saturated heterocycles. The van der Waals surface area contributed by atoms with Crippen LogP contribution in [0.5, 0.6) is 11.5 Å². The predicted octanol–water partition coefficient (Wildman–Crippen LogP) is -0.380. The van der Waals surface area contributed by atoms with Crippen LogP contribution >= 0.6 is 0 Å². The molecule has 11 heteroatoms. The van der Waals surface area contributed by atoms with Gasteiger partial charge in [-0.3, -0.25) is 9.69 Å². The normalized spacial score (nSPS) is 10.4. The van der Waals surface area contributed by atoms with Gasteiger partial charge in [-0.2, -0.15) is 4.98 Å². The summed E-state index contributed by atoms with van der Waals surface area (Å²) in [5.41, 5.74) is 2.76. The lowest BCUT2D eigenvalue weighted by atomic mass is 10.1. The summed E-state index contributed by atoms with van der Waals surface area (Å²) in [6, 6.07) is 15.6. The number of anilines is 1. The van der Waals surface area contributed by atoms with Crippen molar-refractivity contribution in [2.75, 3.05) is 46.7 Å². The zero-order valence-corrected chi connectivity index (χ0v) is 20.6. The number of carbonyl (C=O) groups is 3. The van der Waals surface area contributed by atoms with Gasteiger partial charge in [0, 0.05) is 11.5 Å². The van der Waals surface area contributed by atoms with Crippen LogP contribution in [0.4, 0.5) is 11.5 Å². The maximum absolute atomic E-state index is 12.5. The number of aromatic nitrogens is 1. The molecule has 0 bridgehead atoms. The van der Waals surface area contributed by atoms with Crippen LogP contribution in [0.25, 0.3) is 10.9 Å². The monoisotopic (exact) mass is 498 g/mol. The Balaban J connectivity index is 0.000000678. The minimum Gasteiger partial charge on any atom is -0.539 e. The molecule has 4 N–H and O–H groups in total. The molecule has 3 rings (SSSR count). The molecule has 0 aliphatic rings. The largest absolute Gasteiger partial charge is 0.539 e. The molecule has 1 amide bonds. The van der Waals surface area contributed by atoms with E-state index < -0.39 is 11.9 Å². The highest BCUT2D eigenvalue weighted by Crippen LogP contribution is 2.27. The molecule has 0 aliphatic carbocycles. The Hall–Kier alpha value is -4.22. The highest BCUT2D eigenvalue weighted by atomic mass is 16.5. The van der Waals surface area contributed by atoms with Crippen LogP contribution in [0.3, 0.4) is 0 Å². The van der Waals surface area contributed by atoms with E-state index in [1.54, 1.807) is 14.2 Å². The number of carbonyl (C=O) groups excluding carboxylic acids is 2. The van der Waals surface area contributed by atoms with Gasteiger partial charge in [0.15, 0.2) is 17.5 Å². The molecule has 0 atom stereocenters. The first-order valence-corrected chi connectivity index (χ1v) is 11.0. The van der Waals surface area contributed by atoms with Crippen molar-refractivity contribution >= 4 is 40.3 Å². The van der Waals surface area contributed by atoms with E-state index in [0.29, 0.717) is 18.0 Å². The topological polar surface area (TPSA) is 154 Å². The molecule has 0 fully saturated rings. The Morgan fingerprint density at radius 3 is 2.31 bits per heavy atom. The molecular formula is C25H30N4O7. The van der Waals surface area contributed by atoms with E-state index in [1.807, 2.05) is 62.6 Å². The van der Waals surface area contributed by atoms with Crippen molar-refractivity contribution in [1.29, 1.82) is 0 Å². The number of ether oxygens (including phenoxy) is 2. The van der Waals surface area contributed by atoms with Gasteiger partial charge in [-0.15, -0.1) is 0 Å². The molecule has 0 unspecified atom stereocenters. The number of aliphatic carboxylic acids is 2. The molecule has 3 aromatic rings. The number of pyridine rings is 1. The minimum atomic E-state index is -2.07. The maximum atomic E-state index is 12.5. The number of carboxylic acid groups (broad SMARTS) is 2. The molecule has 36 heavy (non-hydrogen) atoms. The fraction of sp³-hybridized carbons (Fsp3) is 0.280. The second-order valence-electron chi connectivity index (χ2n) is 7.83. The van der Waals surface area contributed by atoms with Crippen molar-refractivity contribution in [3.8, 4) is 11.5 Å². The van der Waals surface area contributed by atoms with Gasteiger partial charge in [0.1, 0.15) is 0 Å². The van der Waals surface area contributed by atoms with Crippen molar-refractivity contribution < 1.29 is 39.0 Å². The average molecular weight is 499 g/mol. The van der Waals surface area contributed by atoms with Gasteiger partial charge in [0.2, 0.25) is 11.7 Å². The van der Waals surface area contributed by atoms with Gasteiger partial charge in [-0.05, 0) is 36.7 Å². The number of nitrogens with one attached hydrogen (secondary N) is 3. The van der Waals surface area contributed by atoms with Gasteiger partial charge in [-0.1, -0.05) is 24.3 Å². The lowest BCUT2D eigenvalue weighted by Crippen LogP contribution is -3.00.